The van der Waals surface area contributed by atoms with Gasteiger partial charge in [-0.15, -0.1) is 0 Å². The van der Waals surface area contributed by atoms with Crippen molar-refractivity contribution in [1.29, 1.82) is 0 Å². The van der Waals surface area contributed by atoms with Crippen molar-refractivity contribution in [3.63, 3.8) is 0 Å². The number of nitro groups is 1. The summed E-state index contributed by atoms with van der Waals surface area (Å²) in [5.41, 5.74) is 4.92. The van der Waals surface area contributed by atoms with Crippen LogP contribution in [0.3, 0.4) is 0 Å². The number of halogens is 2. The second-order valence-corrected chi connectivity index (χ2v) is 5.43. The van der Waals surface area contributed by atoms with E-state index in [1.54, 1.807) is 4.57 Å². The third-order valence-electron chi connectivity index (χ3n) is 2.22. The average molecular weight is 485 g/mol. The molecule has 8 nitrogen and oxygen atoms in total. The van der Waals surface area contributed by atoms with E-state index in [4.69, 9.17) is 5.73 Å². The van der Waals surface area contributed by atoms with Gasteiger partial charge in [0.25, 0.3) is 11.6 Å². The van der Waals surface area contributed by atoms with Gasteiger partial charge in [0, 0.05) is 6.07 Å². The van der Waals surface area contributed by atoms with Crippen LogP contribution in [-0.2, 0) is 0 Å². The first-order valence-electron chi connectivity index (χ1n) is 4.74. The number of amides is 1. The number of imidazole rings is 1. The third kappa shape index (κ3) is 2.68. The van der Waals surface area contributed by atoms with Gasteiger partial charge in [-0.25, -0.2) is 9.97 Å². The van der Waals surface area contributed by atoms with Gasteiger partial charge in [-0.3, -0.25) is 19.5 Å². The third-order valence-corrected chi connectivity index (χ3v) is 5.08. The molecule has 98 valence electrons. The summed E-state index contributed by atoms with van der Waals surface area (Å²) in [5.74, 6) is -0.566. The lowest BCUT2D eigenvalue weighted by molar-refractivity contribution is -0.385. The number of primary amides is 1. The van der Waals surface area contributed by atoms with E-state index >= 15 is 0 Å². The van der Waals surface area contributed by atoms with Gasteiger partial charge in [0.15, 0.2) is 5.82 Å². The normalized spacial score (nSPS) is 10.4. The number of nitrogens with zero attached hydrogens (tertiary/aromatic N) is 4. The maximum Gasteiger partial charge on any atom is 0.288 e. The van der Waals surface area contributed by atoms with Crippen LogP contribution in [0.25, 0.3) is 5.82 Å². The lowest BCUT2D eigenvalue weighted by Crippen LogP contribution is -2.16. The molecule has 0 fully saturated rings. The second kappa shape index (κ2) is 5.36. The van der Waals surface area contributed by atoms with Gasteiger partial charge >= 0.3 is 0 Å². The molecule has 0 spiro atoms. The minimum atomic E-state index is -0.786. The predicted molar refractivity (Wildman–Crippen MR) is 82.0 cm³/mol. The molecule has 0 saturated carbocycles. The largest absolute Gasteiger partial charge is 0.365 e. The van der Waals surface area contributed by atoms with Crippen molar-refractivity contribution in [3.8, 4) is 5.82 Å². The zero-order chi connectivity index (χ0) is 14.2. The summed E-state index contributed by atoms with van der Waals surface area (Å²) in [5, 5.41) is 10.7. The van der Waals surface area contributed by atoms with Gasteiger partial charge in [0.2, 0.25) is 0 Å². The maximum absolute atomic E-state index is 11.4. The summed E-state index contributed by atoms with van der Waals surface area (Å²) in [7, 11) is 0. The van der Waals surface area contributed by atoms with Crippen molar-refractivity contribution in [2.45, 2.75) is 0 Å². The fraction of sp³-hybridized carbons (Fsp3) is 0. The molecule has 0 bridgehead atoms. The van der Waals surface area contributed by atoms with Gasteiger partial charge in [-0.05, 0) is 45.2 Å². The molecule has 2 aromatic heterocycles. The smallest absolute Gasteiger partial charge is 0.288 e. The van der Waals surface area contributed by atoms with Gasteiger partial charge in [-0.1, -0.05) is 0 Å². The molecule has 0 aromatic carbocycles. The van der Waals surface area contributed by atoms with Crippen molar-refractivity contribution < 1.29 is 9.72 Å². The Bertz CT molecular complexity index is 684. The Morgan fingerprint density at radius 3 is 2.58 bits per heavy atom. The lowest BCUT2D eigenvalue weighted by atomic mass is 10.2. The highest BCUT2D eigenvalue weighted by Crippen LogP contribution is 2.22. The topological polar surface area (TPSA) is 117 Å². The van der Waals surface area contributed by atoms with Crippen LogP contribution in [0, 0.1) is 17.5 Å². The van der Waals surface area contributed by atoms with Crippen molar-refractivity contribution in [2.75, 3.05) is 0 Å². The van der Waals surface area contributed by atoms with Gasteiger partial charge in [-0.2, -0.15) is 0 Å². The molecule has 2 aromatic rings. The molecule has 0 aliphatic heterocycles. The van der Waals surface area contributed by atoms with Crippen LogP contribution in [0.5, 0.6) is 0 Å². The molecule has 0 radical (unpaired) electrons. The Morgan fingerprint density at radius 2 is 2.11 bits per heavy atom. The number of hydrogen-bond acceptors (Lipinski definition) is 5. The summed E-state index contributed by atoms with van der Waals surface area (Å²) >= 11 is 4.06. The van der Waals surface area contributed by atoms with E-state index in [0.717, 1.165) is 19.7 Å². The minimum Gasteiger partial charge on any atom is -0.365 e. The minimum absolute atomic E-state index is 0.0269. The van der Waals surface area contributed by atoms with Gasteiger partial charge in [0.1, 0.15) is 19.9 Å². The van der Waals surface area contributed by atoms with Crippen molar-refractivity contribution in [2.24, 2.45) is 5.73 Å². The van der Waals surface area contributed by atoms with Crippen LogP contribution in [-0.4, -0.2) is 25.4 Å². The monoisotopic (exact) mass is 485 g/mol. The van der Waals surface area contributed by atoms with Crippen LogP contribution >= 0.6 is 45.2 Å². The molecule has 0 unspecified atom stereocenters. The van der Waals surface area contributed by atoms with E-state index in [9.17, 15) is 14.9 Å². The maximum atomic E-state index is 11.4. The highest BCUT2D eigenvalue weighted by atomic mass is 127. The number of carbonyl (C=O) groups excluding carboxylic acids is 1. The second-order valence-electron chi connectivity index (χ2n) is 3.38. The Kier molecular flexibility index (Phi) is 3.98. The summed E-state index contributed by atoms with van der Waals surface area (Å²) < 4.78 is 3.02. The highest BCUT2D eigenvalue weighted by molar-refractivity contribution is 14.1. The molecule has 2 N–H and O–H groups in total. The van der Waals surface area contributed by atoms with E-state index in [1.165, 1.54) is 6.33 Å². The van der Waals surface area contributed by atoms with E-state index in [0.29, 0.717) is 0 Å². The van der Waals surface area contributed by atoms with E-state index in [2.05, 4.69) is 9.97 Å². The first-order chi connectivity index (χ1) is 8.91. The SMILES string of the molecule is NC(=O)c1cc([N+](=O)[O-])cnc1-n1cnc(I)c1I. The van der Waals surface area contributed by atoms with Crippen molar-refractivity contribution in [1.82, 2.24) is 14.5 Å². The number of aromatic nitrogens is 3. The standard InChI is InChI=1S/C9H5I2N5O3/c10-6-7(11)15(3-14-6)9-5(8(12)17)1-4(2-13-9)16(18)19/h1-3H,(H2,12,17). The van der Waals surface area contributed by atoms with Crippen LogP contribution in [0.4, 0.5) is 5.69 Å². The first kappa shape index (κ1) is 14.1. The van der Waals surface area contributed by atoms with E-state index < -0.39 is 10.8 Å². The molecule has 2 rings (SSSR count). The highest BCUT2D eigenvalue weighted by Gasteiger charge is 2.19. The number of rotatable bonds is 3. The summed E-state index contributed by atoms with van der Waals surface area (Å²) in [4.78, 5) is 29.5. The van der Waals surface area contributed by atoms with Crippen molar-refractivity contribution in [3.05, 3.63) is 41.7 Å². The molecule has 0 aliphatic rings. The molecule has 2 heterocycles. The average Bonchev–Trinajstić information content (AvgIpc) is 2.69. The molecule has 0 atom stereocenters. The number of pyridine rings is 1. The first-order valence-corrected chi connectivity index (χ1v) is 6.90. The van der Waals surface area contributed by atoms with Crippen LogP contribution in [0.2, 0.25) is 0 Å². The van der Waals surface area contributed by atoms with E-state index in [1.807, 2.05) is 45.2 Å². The van der Waals surface area contributed by atoms with Crippen LogP contribution in [0.1, 0.15) is 10.4 Å². The Balaban J connectivity index is 2.67. The fourth-order valence-electron chi connectivity index (χ4n) is 1.38. The quantitative estimate of drug-likeness (QED) is 0.402. The van der Waals surface area contributed by atoms with Crippen LogP contribution < -0.4 is 5.73 Å². The molecule has 19 heavy (non-hydrogen) atoms. The van der Waals surface area contributed by atoms with Gasteiger partial charge < -0.3 is 5.73 Å². The number of nitrogens with two attached hydrogens (primary N) is 1. The Hall–Kier alpha value is -1.31. The van der Waals surface area contributed by atoms with Gasteiger partial charge in [0.05, 0.1) is 10.5 Å². The lowest BCUT2D eigenvalue weighted by Gasteiger charge is -2.07. The summed E-state index contributed by atoms with van der Waals surface area (Å²) in [6.45, 7) is 0. The van der Waals surface area contributed by atoms with E-state index in [-0.39, 0.29) is 17.1 Å². The zero-order valence-corrected chi connectivity index (χ0v) is 13.4. The fourth-order valence-corrected chi connectivity index (χ4v) is 2.26. The molecular weight excluding hydrogens is 480 g/mol. The zero-order valence-electron chi connectivity index (χ0n) is 9.08. The Labute approximate surface area is 133 Å². The predicted octanol–water partition coefficient (Wildman–Crippen LogP) is 1.48. The summed E-state index contributed by atoms with van der Waals surface area (Å²) in [6, 6.07) is 1.10. The number of hydrogen-bond donors (Lipinski definition) is 1. The van der Waals surface area contributed by atoms with Crippen LogP contribution in [0.15, 0.2) is 18.6 Å². The molecular formula is C9H5I2N5O3. The molecule has 0 aliphatic carbocycles. The Morgan fingerprint density at radius 1 is 1.42 bits per heavy atom. The van der Waals surface area contributed by atoms with Crippen molar-refractivity contribution >= 4 is 56.8 Å². The summed E-state index contributed by atoms with van der Waals surface area (Å²) in [6.07, 6.45) is 2.55. The molecule has 1 amide bonds. The number of carbonyl (C=O) groups is 1. The molecule has 0 saturated heterocycles. The molecule has 10 heteroatoms.